The van der Waals surface area contributed by atoms with E-state index in [9.17, 15) is 8.42 Å². The number of hydrogen-bond acceptors (Lipinski definition) is 4. The molecule has 0 unspecified atom stereocenters. The van der Waals surface area contributed by atoms with Crippen molar-refractivity contribution in [2.45, 2.75) is 64.9 Å². The predicted octanol–water partition coefficient (Wildman–Crippen LogP) is 1.95. The van der Waals surface area contributed by atoms with E-state index in [-0.39, 0.29) is 5.75 Å². The van der Waals surface area contributed by atoms with Crippen LogP contribution in [0.5, 0.6) is 0 Å². The molecule has 8 heteroatoms. The van der Waals surface area contributed by atoms with Crippen molar-refractivity contribution in [1.82, 2.24) is 14.9 Å². The Balaban J connectivity index is 2.25. The number of guanidine groups is 1. The molecule has 1 aliphatic carbocycles. The molecule has 0 saturated heterocycles. The van der Waals surface area contributed by atoms with Crippen LogP contribution in [-0.4, -0.2) is 70.4 Å². The van der Waals surface area contributed by atoms with E-state index in [4.69, 9.17) is 4.74 Å². The highest BCUT2D eigenvalue weighted by Crippen LogP contribution is 2.19. The molecule has 26 heavy (non-hydrogen) atoms. The summed E-state index contributed by atoms with van der Waals surface area (Å²) in [7, 11) is -1.48. The highest BCUT2D eigenvalue weighted by molar-refractivity contribution is 7.89. The Hall–Kier alpha value is -0.860. The van der Waals surface area contributed by atoms with Crippen LogP contribution < -0.4 is 10.6 Å². The molecule has 1 aliphatic rings. The molecule has 1 rings (SSSR count). The average Bonchev–Trinajstić information content (AvgIpc) is 2.90. The van der Waals surface area contributed by atoms with Gasteiger partial charge in [0, 0.05) is 33.2 Å². The van der Waals surface area contributed by atoms with Gasteiger partial charge in [0.15, 0.2) is 5.96 Å². The molecule has 2 N–H and O–H groups in total. The van der Waals surface area contributed by atoms with Gasteiger partial charge in [-0.15, -0.1) is 0 Å². The van der Waals surface area contributed by atoms with Crippen LogP contribution in [0.25, 0.3) is 0 Å². The second-order valence-corrected chi connectivity index (χ2v) is 9.11. The number of aliphatic imine (C=N–C) groups is 1. The fourth-order valence-corrected chi connectivity index (χ4v) is 3.84. The van der Waals surface area contributed by atoms with E-state index in [0.29, 0.717) is 32.2 Å². The van der Waals surface area contributed by atoms with E-state index >= 15 is 0 Å². The minimum Gasteiger partial charge on any atom is -0.376 e. The Morgan fingerprint density at radius 3 is 2.46 bits per heavy atom. The molecule has 0 aliphatic heterocycles. The highest BCUT2D eigenvalue weighted by Gasteiger charge is 2.14. The van der Waals surface area contributed by atoms with Crippen LogP contribution in [0.4, 0.5) is 0 Å². The van der Waals surface area contributed by atoms with Crippen LogP contribution in [0.15, 0.2) is 4.99 Å². The van der Waals surface area contributed by atoms with Crippen molar-refractivity contribution in [2.75, 3.05) is 45.6 Å². The molecule has 1 fully saturated rings. The third-order valence-electron chi connectivity index (χ3n) is 4.64. The predicted molar refractivity (Wildman–Crippen MR) is 108 cm³/mol. The second-order valence-electron chi connectivity index (χ2n) is 6.75. The molecule has 0 bridgehead atoms. The topological polar surface area (TPSA) is 83.0 Å². The summed E-state index contributed by atoms with van der Waals surface area (Å²) < 4.78 is 30.8. The highest BCUT2D eigenvalue weighted by atomic mass is 32.2. The van der Waals surface area contributed by atoms with Gasteiger partial charge in [-0.3, -0.25) is 4.99 Å². The maximum atomic E-state index is 11.7. The Kier molecular flexibility index (Phi) is 11.9. The summed E-state index contributed by atoms with van der Waals surface area (Å²) >= 11 is 0. The SMILES string of the molecule is CCNC(=NCCCN(C)S(=O)(=O)CC)NCCOC1CCCCCC1. The standard InChI is InChI=1S/C18H38N4O3S/c1-4-19-18(20-13-10-15-22(3)26(23,24)5-2)21-14-16-25-17-11-8-6-7-9-12-17/h17H,4-16H2,1-3H3,(H2,19,20,21). The first-order valence-electron chi connectivity index (χ1n) is 10.1. The van der Waals surface area contributed by atoms with E-state index in [1.54, 1.807) is 14.0 Å². The van der Waals surface area contributed by atoms with Gasteiger partial charge in [-0.1, -0.05) is 25.7 Å². The summed E-state index contributed by atoms with van der Waals surface area (Å²) in [5, 5.41) is 6.50. The van der Waals surface area contributed by atoms with E-state index in [2.05, 4.69) is 15.6 Å². The van der Waals surface area contributed by atoms with Crippen LogP contribution >= 0.6 is 0 Å². The molecular weight excluding hydrogens is 352 g/mol. The van der Waals surface area contributed by atoms with Gasteiger partial charge in [-0.2, -0.15) is 0 Å². The molecule has 1 saturated carbocycles. The Morgan fingerprint density at radius 2 is 1.85 bits per heavy atom. The largest absolute Gasteiger partial charge is 0.376 e. The van der Waals surface area contributed by atoms with Gasteiger partial charge in [-0.05, 0) is 33.1 Å². The zero-order valence-electron chi connectivity index (χ0n) is 16.8. The van der Waals surface area contributed by atoms with Crippen LogP contribution in [0.1, 0.15) is 58.8 Å². The van der Waals surface area contributed by atoms with Crippen molar-refractivity contribution >= 4 is 16.0 Å². The summed E-state index contributed by atoms with van der Waals surface area (Å²) in [5.74, 6) is 0.899. The van der Waals surface area contributed by atoms with E-state index in [1.807, 2.05) is 6.92 Å². The van der Waals surface area contributed by atoms with Crippen LogP contribution in [-0.2, 0) is 14.8 Å². The van der Waals surface area contributed by atoms with E-state index < -0.39 is 10.0 Å². The molecule has 0 aromatic carbocycles. The van der Waals surface area contributed by atoms with Gasteiger partial charge in [0.25, 0.3) is 0 Å². The normalized spacial score (nSPS) is 17.3. The van der Waals surface area contributed by atoms with Crippen molar-refractivity contribution in [3.8, 4) is 0 Å². The third-order valence-corrected chi connectivity index (χ3v) is 6.50. The zero-order chi connectivity index (χ0) is 19.3. The first-order valence-corrected chi connectivity index (χ1v) is 11.7. The second kappa shape index (κ2) is 13.3. The monoisotopic (exact) mass is 390 g/mol. The van der Waals surface area contributed by atoms with Crippen LogP contribution in [0, 0.1) is 0 Å². The number of rotatable bonds is 11. The minimum absolute atomic E-state index is 0.137. The molecule has 0 aromatic heterocycles. The van der Waals surface area contributed by atoms with Gasteiger partial charge in [0.05, 0.1) is 18.5 Å². The maximum Gasteiger partial charge on any atom is 0.213 e. The van der Waals surface area contributed by atoms with Crippen LogP contribution in [0.2, 0.25) is 0 Å². The Bertz CT molecular complexity index is 489. The first-order chi connectivity index (χ1) is 12.5. The Morgan fingerprint density at radius 1 is 1.15 bits per heavy atom. The quantitative estimate of drug-likeness (QED) is 0.244. The summed E-state index contributed by atoms with van der Waals surface area (Å²) in [5.41, 5.74) is 0. The summed E-state index contributed by atoms with van der Waals surface area (Å²) in [6, 6.07) is 0. The number of ether oxygens (including phenoxy) is 1. The van der Waals surface area contributed by atoms with Crippen molar-refractivity contribution in [2.24, 2.45) is 4.99 Å². The van der Waals surface area contributed by atoms with Crippen molar-refractivity contribution in [1.29, 1.82) is 0 Å². The van der Waals surface area contributed by atoms with Crippen LogP contribution in [0.3, 0.4) is 0 Å². The summed E-state index contributed by atoms with van der Waals surface area (Å²) in [4.78, 5) is 4.51. The molecule has 0 heterocycles. The summed E-state index contributed by atoms with van der Waals surface area (Å²) in [6.45, 7) is 6.97. The summed E-state index contributed by atoms with van der Waals surface area (Å²) in [6.07, 6.45) is 8.72. The number of nitrogens with one attached hydrogen (secondary N) is 2. The Labute approximate surface area is 160 Å². The molecule has 0 spiro atoms. The lowest BCUT2D eigenvalue weighted by molar-refractivity contribution is 0.0468. The van der Waals surface area contributed by atoms with Gasteiger partial charge < -0.3 is 15.4 Å². The number of nitrogens with zero attached hydrogens (tertiary/aromatic N) is 2. The number of sulfonamides is 1. The molecule has 0 amide bonds. The lowest BCUT2D eigenvalue weighted by Gasteiger charge is -2.17. The number of hydrogen-bond donors (Lipinski definition) is 2. The van der Waals surface area contributed by atoms with E-state index in [1.165, 1.54) is 42.8 Å². The lowest BCUT2D eigenvalue weighted by Crippen LogP contribution is -2.39. The smallest absolute Gasteiger partial charge is 0.213 e. The van der Waals surface area contributed by atoms with Gasteiger partial charge in [-0.25, -0.2) is 12.7 Å². The lowest BCUT2D eigenvalue weighted by atomic mass is 10.1. The van der Waals surface area contributed by atoms with Crippen molar-refractivity contribution in [3.63, 3.8) is 0 Å². The minimum atomic E-state index is -3.10. The molecule has 154 valence electrons. The molecular formula is C18H38N4O3S. The van der Waals surface area contributed by atoms with E-state index in [0.717, 1.165) is 19.0 Å². The van der Waals surface area contributed by atoms with Crippen molar-refractivity contribution in [3.05, 3.63) is 0 Å². The van der Waals surface area contributed by atoms with Crippen molar-refractivity contribution < 1.29 is 13.2 Å². The maximum absolute atomic E-state index is 11.7. The first kappa shape index (κ1) is 23.2. The molecule has 0 aromatic rings. The fourth-order valence-electron chi connectivity index (χ4n) is 2.99. The van der Waals surface area contributed by atoms with Gasteiger partial charge >= 0.3 is 0 Å². The van der Waals surface area contributed by atoms with Gasteiger partial charge in [0.2, 0.25) is 10.0 Å². The molecule has 0 atom stereocenters. The zero-order valence-corrected chi connectivity index (χ0v) is 17.6. The third kappa shape index (κ3) is 9.73. The average molecular weight is 391 g/mol. The fraction of sp³-hybridized carbons (Fsp3) is 0.944. The van der Waals surface area contributed by atoms with Gasteiger partial charge in [0.1, 0.15) is 0 Å². The molecule has 7 nitrogen and oxygen atoms in total. The molecule has 0 radical (unpaired) electrons.